The molecule has 21 heavy (non-hydrogen) atoms. The van der Waals surface area contributed by atoms with E-state index in [2.05, 4.69) is 5.32 Å². The summed E-state index contributed by atoms with van der Waals surface area (Å²) < 4.78 is 0. The number of amides is 1. The van der Waals surface area contributed by atoms with Gasteiger partial charge in [-0.3, -0.25) is 4.79 Å². The van der Waals surface area contributed by atoms with Crippen LogP contribution in [0.4, 0.5) is 0 Å². The van der Waals surface area contributed by atoms with Gasteiger partial charge in [-0.2, -0.15) is 0 Å². The van der Waals surface area contributed by atoms with Gasteiger partial charge < -0.3 is 10.2 Å². The smallest absolute Gasteiger partial charge is 0.222 e. The van der Waals surface area contributed by atoms with Crippen molar-refractivity contribution in [1.29, 1.82) is 0 Å². The SMILES string of the molecule is CN(Cc1ccccc1Cl)C(=O)CCC1CCNCC1.Cl. The number of carbonyl (C=O) groups is 1. The summed E-state index contributed by atoms with van der Waals surface area (Å²) in [5.74, 6) is 0.914. The van der Waals surface area contributed by atoms with Crippen LogP contribution in [-0.4, -0.2) is 30.9 Å². The van der Waals surface area contributed by atoms with Gasteiger partial charge in [0.15, 0.2) is 0 Å². The van der Waals surface area contributed by atoms with Gasteiger partial charge in [-0.25, -0.2) is 0 Å². The Labute approximate surface area is 138 Å². The summed E-state index contributed by atoms with van der Waals surface area (Å²) in [5, 5.41) is 4.08. The maximum Gasteiger partial charge on any atom is 0.222 e. The molecular formula is C16H24Cl2N2O. The van der Waals surface area contributed by atoms with Gasteiger partial charge in [0.1, 0.15) is 0 Å². The zero-order chi connectivity index (χ0) is 14.4. The summed E-state index contributed by atoms with van der Waals surface area (Å²) in [4.78, 5) is 13.9. The van der Waals surface area contributed by atoms with Crippen LogP contribution in [0.2, 0.25) is 5.02 Å². The van der Waals surface area contributed by atoms with Gasteiger partial charge in [-0.15, -0.1) is 12.4 Å². The van der Waals surface area contributed by atoms with Crippen LogP contribution >= 0.6 is 24.0 Å². The largest absolute Gasteiger partial charge is 0.341 e. The van der Waals surface area contributed by atoms with E-state index in [1.165, 1.54) is 12.8 Å². The standard InChI is InChI=1S/C16H23ClN2O.ClH/c1-19(12-14-4-2-3-5-15(14)17)16(20)7-6-13-8-10-18-11-9-13;/h2-5,13,18H,6-12H2,1H3;1H. The molecule has 1 aliphatic rings. The number of halogens is 2. The van der Waals surface area contributed by atoms with Crippen LogP contribution in [0.25, 0.3) is 0 Å². The van der Waals surface area contributed by atoms with Crippen molar-refractivity contribution in [2.45, 2.75) is 32.2 Å². The van der Waals surface area contributed by atoms with E-state index in [0.29, 0.717) is 18.9 Å². The van der Waals surface area contributed by atoms with E-state index in [9.17, 15) is 4.79 Å². The van der Waals surface area contributed by atoms with Crippen molar-refractivity contribution in [1.82, 2.24) is 10.2 Å². The number of benzene rings is 1. The van der Waals surface area contributed by atoms with Crippen molar-refractivity contribution >= 4 is 29.9 Å². The van der Waals surface area contributed by atoms with Crippen molar-refractivity contribution < 1.29 is 4.79 Å². The molecule has 0 aliphatic carbocycles. The Morgan fingerprint density at radius 1 is 1.33 bits per heavy atom. The molecule has 1 amide bonds. The third-order valence-corrected chi connectivity index (χ3v) is 4.39. The second kappa shape index (κ2) is 9.29. The highest BCUT2D eigenvalue weighted by atomic mass is 35.5. The van der Waals surface area contributed by atoms with Gasteiger partial charge in [0.05, 0.1) is 0 Å². The zero-order valence-electron chi connectivity index (χ0n) is 12.5. The minimum absolute atomic E-state index is 0. The predicted octanol–water partition coefficient (Wildman–Crippen LogP) is 3.50. The molecule has 0 saturated carbocycles. The molecule has 0 atom stereocenters. The molecule has 1 aliphatic heterocycles. The normalized spacial score (nSPS) is 15.3. The topological polar surface area (TPSA) is 32.3 Å². The predicted molar refractivity (Wildman–Crippen MR) is 90.0 cm³/mol. The van der Waals surface area contributed by atoms with E-state index < -0.39 is 0 Å². The first-order valence-electron chi connectivity index (χ1n) is 7.35. The number of hydrogen-bond acceptors (Lipinski definition) is 2. The van der Waals surface area contributed by atoms with E-state index >= 15 is 0 Å². The Bertz CT molecular complexity index is 448. The monoisotopic (exact) mass is 330 g/mol. The Morgan fingerprint density at radius 3 is 2.67 bits per heavy atom. The second-order valence-corrected chi connectivity index (χ2v) is 5.98. The van der Waals surface area contributed by atoms with Crippen molar-refractivity contribution in [3.8, 4) is 0 Å². The van der Waals surface area contributed by atoms with Crippen LogP contribution in [0, 0.1) is 5.92 Å². The molecule has 3 nitrogen and oxygen atoms in total. The third-order valence-electron chi connectivity index (χ3n) is 4.02. The molecule has 2 rings (SSSR count). The number of rotatable bonds is 5. The Hall–Kier alpha value is -0.770. The lowest BCUT2D eigenvalue weighted by Crippen LogP contribution is -2.30. The second-order valence-electron chi connectivity index (χ2n) is 5.57. The van der Waals surface area contributed by atoms with Crippen LogP contribution in [0.1, 0.15) is 31.2 Å². The summed E-state index contributed by atoms with van der Waals surface area (Å²) in [6, 6.07) is 7.70. The fourth-order valence-electron chi connectivity index (χ4n) is 2.66. The molecule has 0 spiro atoms. The molecule has 0 unspecified atom stereocenters. The van der Waals surface area contributed by atoms with Crippen LogP contribution in [0.3, 0.4) is 0 Å². The van der Waals surface area contributed by atoms with Crippen molar-refractivity contribution in [3.05, 3.63) is 34.9 Å². The first kappa shape index (κ1) is 18.3. The highest BCUT2D eigenvalue weighted by Gasteiger charge is 2.16. The molecule has 1 heterocycles. The van der Waals surface area contributed by atoms with Crippen LogP contribution in [0.5, 0.6) is 0 Å². The van der Waals surface area contributed by atoms with Gasteiger partial charge in [-0.05, 0) is 49.9 Å². The van der Waals surface area contributed by atoms with Crippen molar-refractivity contribution in [2.75, 3.05) is 20.1 Å². The first-order chi connectivity index (χ1) is 9.66. The molecular weight excluding hydrogens is 307 g/mol. The van der Waals surface area contributed by atoms with E-state index in [1.54, 1.807) is 4.90 Å². The Morgan fingerprint density at radius 2 is 2.00 bits per heavy atom. The molecule has 1 aromatic rings. The average molecular weight is 331 g/mol. The van der Waals surface area contributed by atoms with Crippen LogP contribution in [0.15, 0.2) is 24.3 Å². The molecule has 0 radical (unpaired) electrons. The highest BCUT2D eigenvalue weighted by molar-refractivity contribution is 6.31. The van der Waals surface area contributed by atoms with Crippen LogP contribution < -0.4 is 5.32 Å². The zero-order valence-corrected chi connectivity index (χ0v) is 14.1. The Kier molecular flexibility index (Phi) is 8.09. The van der Waals surface area contributed by atoms with E-state index in [4.69, 9.17) is 11.6 Å². The third kappa shape index (κ3) is 5.85. The van der Waals surface area contributed by atoms with E-state index in [0.717, 1.165) is 30.1 Å². The Balaban J connectivity index is 0.00000220. The van der Waals surface area contributed by atoms with Gasteiger partial charge in [0, 0.05) is 25.0 Å². The van der Waals surface area contributed by atoms with Gasteiger partial charge >= 0.3 is 0 Å². The number of hydrogen-bond donors (Lipinski definition) is 1. The lowest BCUT2D eigenvalue weighted by atomic mass is 9.93. The fraction of sp³-hybridized carbons (Fsp3) is 0.562. The number of piperidine rings is 1. The number of nitrogens with one attached hydrogen (secondary N) is 1. The maximum absolute atomic E-state index is 12.2. The minimum Gasteiger partial charge on any atom is -0.341 e. The van der Waals surface area contributed by atoms with Crippen LogP contribution in [-0.2, 0) is 11.3 Å². The van der Waals surface area contributed by atoms with E-state index in [1.807, 2.05) is 31.3 Å². The molecule has 1 N–H and O–H groups in total. The minimum atomic E-state index is 0. The molecule has 0 bridgehead atoms. The number of carbonyl (C=O) groups excluding carboxylic acids is 1. The fourth-order valence-corrected chi connectivity index (χ4v) is 2.85. The molecule has 1 saturated heterocycles. The molecule has 1 aromatic carbocycles. The van der Waals surface area contributed by atoms with Gasteiger partial charge in [0.25, 0.3) is 0 Å². The van der Waals surface area contributed by atoms with E-state index in [-0.39, 0.29) is 18.3 Å². The average Bonchev–Trinajstić information content (AvgIpc) is 2.48. The van der Waals surface area contributed by atoms with Crippen molar-refractivity contribution in [2.24, 2.45) is 5.92 Å². The molecule has 5 heteroatoms. The summed E-state index contributed by atoms with van der Waals surface area (Å²) in [5.41, 5.74) is 1.01. The van der Waals surface area contributed by atoms with Gasteiger partial charge in [0.2, 0.25) is 5.91 Å². The van der Waals surface area contributed by atoms with Crippen molar-refractivity contribution in [3.63, 3.8) is 0 Å². The lowest BCUT2D eigenvalue weighted by Gasteiger charge is -2.24. The highest BCUT2D eigenvalue weighted by Crippen LogP contribution is 2.20. The maximum atomic E-state index is 12.2. The number of nitrogens with zero attached hydrogens (tertiary/aromatic N) is 1. The lowest BCUT2D eigenvalue weighted by molar-refractivity contribution is -0.130. The molecule has 118 valence electrons. The summed E-state index contributed by atoms with van der Waals surface area (Å²) in [6.45, 7) is 2.77. The summed E-state index contributed by atoms with van der Waals surface area (Å²) in [7, 11) is 1.86. The first-order valence-corrected chi connectivity index (χ1v) is 7.72. The van der Waals surface area contributed by atoms with Gasteiger partial charge in [-0.1, -0.05) is 29.8 Å². The quantitative estimate of drug-likeness (QED) is 0.896. The summed E-state index contributed by atoms with van der Waals surface area (Å²) >= 11 is 6.13. The summed E-state index contributed by atoms with van der Waals surface area (Å²) in [6.07, 6.45) is 4.04. The molecule has 0 aromatic heterocycles. The molecule has 1 fully saturated rings.